The van der Waals surface area contributed by atoms with Crippen molar-refractivity contribution in [3.8, 4) is 17.2 Å². The summed E-state index contributed by atoms with van der Waals surface area (Å²) in [6, 6.07) is 11.3. The molecule has 2 N–H and O–H groups in total. The van der Waals surface area contributed by atoms with E-state index in [1.54, 1.807) is 12.1 Å². The summed E-state index contributed by atoms with van der Waals surface area (Å²) in [5.74, 6) is 0.792. The van der Waals surface area contributed by atoms with E-state index in [1.165, 1.54) is 18.2 Å². The topological polar surface area (TPSA) is 74.4 Å². The van der Waals surface area contributed by atoms with Crippen molar-refractivity contribution < 1.29 is 14.9 Å². The average Bonchev–Trinajstić information content (AvgIpc) is 2.50. The number of phenolic OH excluding ortho intramolecular Hbond substituents is 2. The Balaban J connectivity index is 2.02. The number of hydrogen-bond donors (Lipinski definition) is 2. The lowest BCUT2D eigenvalue weighted by atomic mass is 10.3. The van der Waals surface area contributed by atoms with Crippen molar-refractivity contribution in [1.29, 1.82) is 0 Å². The molecule has 0 atom stereocenters. The van der Waals surface area contributed by atoms with Gasteiger partial charge in [0.15, 0.2) is 0 Å². The number of nitrogens with zero attached hydrogens (tertiary/aromatic N) is 2. The van der Waals surface area contributed by atoms with Crippen molar-refractivity contribution in [2.24, 2.45) is 10.2 Å². The molecule has 0 saturated heterocycles. The van der Waals surface area contributed by atoms with Crippen LogP contribution in [0.5, 0.6) is 17.2 Å². The minimum atomic E-state index is -0.0314. The van der Waals surface area contributed by atoms with Crippen LogP contribution in [0, 0.1) is 0 Å². The van der Waals surface area contributed by atoms with E-state index in [1.807, 2.05) is 12.1 Å². The molecule has 0 amide bonds. The molecular formula is C16H18N2O3. The lowest BCUT2D eigenvalue weighted by molar-refractivity contribution is 0.309. The first-order chi connectivity index (χ1) is 10.2. The second-order valence-corrected chi connectivity index (χ2v) is 4.57. The third-order valence-corrected chi connectivity index (χ3v) is 2.84. The maximum absolute atomic E-state index is 9.59. The molecule has 2 aromatic rings. The highest BCUT2D eigenvalue weighted by atomic mass is 16.5. The van der Waals surface area contributed by atoms with Gasteiger partial charge in [0.1, 0.15) is 22.9 Å². The van der Waals surface area contributed by atoms with Crippen LogP contribution in [0.1, 0.15) is 19.8 Å². The molecule has 110 valence electrons. The fourth-order valence-corrected chi connectivity index (χ4v) is 1.65. The number of hydrogen-bond acceptors (Lipinski definition) is 5. The van der Waals surface area contributed by atoms with Crippen molar-refractivity contribution in [3.05, 3.63) is 42.5 Å². The molecule has 0 saturated carbocycles. The normalized spacial score (nSPS) is 10.9. The minimum Gasteiger partial charge on any atom is -0.508 e. The van der Waals surface area contributed by atoms with Gasteiger partial charge in [-0.2, -0.15) is 5.11 Å². The first-order valence-electron chi connectivity index (χ1n) is 6.85. The van der Waals surface area contributed by atoms with Crippen LogP contribution in [0.25, 0.3) is 0 Å². The van der Waals surface area contributed by atoms with Gasteiger partial charge < -0.3 is 14.9 Å². The molecule has 2 rings (SSSR count). The second kappa shape index (κ2) is 7.28. The number of azo groups is 1. The molecule has 0 radical (unpaired) electrons. The van der Waals surface area contributed by atoms with Crippen LogP contribution in [0.3, 0.4) is 0 Å². The summed E-state index contributed by atoms with van der Waals surface area (Å²) < 4.78 is 5.55. The first kappa shape index (κ1) is 14.8. The molecule has 0 bridgehead atoms. The lowest BCUT2D eigenvalue weighted by Gasteiger charge is -2.04. The van der Waals surface area contributed by atoms with E-state index >= 15 is 0 Å². The van der Waals surface area contributed by atoms with Gasteiger partial charge >= 0.3 is 0 Å². The van der Waals surface area contributed by atoms with E-state index in [4.69, 9.17) is 4.74 Å². The molecule has 5 heteroatoms. The number of phenols is 2. The quantitative estimate of drug-likeness (QED) is 0.459. The van der Waals surface area contributed by atoms with Gasteiger partial charge in [-0.1, -0.05) is 13.3 Å². The molecule has 0 aromatic heterocycles. The van der Waals surface area contributed by atoms with Crippen LogP contribution in [0.2, 0.25) is 0 Å². The van der Waals surface area contributed by atoms with Crippen LogP contribution in [0.4, 0.5) is 11.4 Å². The third kappa shape index (κ3) is 4.49. The fourth-order valence-electron chi connectivity index (χ4n) is 1.65. The molecular weight excluding hydrogens is 268 g/mol. The van der Waals surface area contributed by atoms with Crippen LogP contribution >= 0.6 is 0 Å². The number of unbranched alkanes of at least 4 members (excludes halogenated alkanes) is 1. The smallest absolute Gasteiger partial charge is 0.143 e. The predicted molar refractivity (Wildman–Crippen MR) is 80.8 cm³/mol. The number of aromatic hydroxyl groups is 2. The molecule has 2 aromatic carbocycles. The first-order valence-corrected chi connectivity index (χ1v) is 6.85. The maximum atomic E-state index is 9.59. The summed E-state index contributed by atoms with van der Waals surface area (Å²) in [6.45, 7) is 2.82. The molecule has 0 aliphatic carbocycles. The summed E-state index contributed by atoms with van der Waals surface area (Å²) in [4.78, 5) is 0. The fraction of sp³-hybridized carbons (Fsp3) is 0.250. The van der Waals surface area contributed by atoms with Crippen LogP contribution in [-0.2, 0) is 0 Å². The lowest BCUT2D eigenvalue weighted by Crippen LogP contribution is -1.95. The molecule has 21 heavy (non-hydrogen) atoms. The van der Waals surface area contributed by atoms with E-state index in [2.05, 4.69) is 17.2 Å². The molecule has 0 heterocycles. The SMILES string of the molecule is CCCCOc1ccc(N=Nc2cc(O)ccc2O)cc1. The van der Waals surface area contributed by atoms with Gasteiger partial charge in [-0.25, -0.2) is 0 Å². The molecule has 0 fully saturated rings. The van der Waals surface area contributed by atoms with Gasteiger partial charge in [0, 0.05) is 6.07 Å². The Morgan fingerprint density at radius 3 is 2.48 bits per heavy atom. The van der Waals surface area contributed by atoms with E-state index in [-0.39, 0.29) is 17.2 Å². The molecule has 5 nitrogen and oxygen atoms in total. The van der Waals surface area contributed by atoms with Crippen LogP contribution in [-0.4, -0.2) is 16.8 Å². The van der Waals surface area contributed by atoms with E-state index < -0.39 is 0 Å². The highest BCUT2D eigenvalue weighted by Gasteiger charge is 2.01. The van der Waals surface area contributed by atoms with Gasteiger partial charge in [-0.05, 0) is 42.8 Å². The van der Waals surface area contributed by atoms with Gasteiger partial charge in [0.2, 0.25) is 0 Å². The molecule has 0 unspecified atom stereocenters. The Kier molecular flexibility index (Phi) is 5.15. The summed E-state index contributed by atoms with van der Waals surface area (Å²) >= 11 is 0. The Labute approximate surface area is 123 Å². The Morgan fingerprint density at radius 2 is 1.76 bits per heavy atom. The summed E-state index contributed by atoms with van der Waals surface area (Å²) in [7, 11) is 0. The zero-order valence-electron chi connectivity index (χ0n) is 11.9. The average molecular weight is 286 g/mol. The van der Waals surface area contributed by atoms with Crippen molar-refractivity contribution >= 4 is 11.4 Å². The second-order valence-electron chi connectivity index (χ2n) is 4.57. The van der Waals surface area contributed by atoms with Gasteiger partial charge in [-0.15, -0.1) is 5.11 Å². The van der Waals surface area contributed by atoms with Gasteiger partial charge in [0.05, 0.1) is 12.3 Å². The number of benzene rings is 2. The van der Waals surface area contributed by atoms with Gasteiger partial charge in [-0.3, -0.25) is 0 Å². The maximum Gasteiger partial charge on any atom is 0.143 e. The van der Waals surface area contributed by atoms with Crippen LogP contribution < -0.4 is 4.74 Å². The number of ether oxygens (including phenoxy) is 1. The van der Waals surface area contributed by atoms with E-state index in [0.717, 1.165) is 18.6 Å². The van der Waals surface area contributed by atoms with Crippen molar-refractivity contribution in [1.82, 2.24) is 0 Å². The summed E-state index contributed by atoms with van der Waals surface area (Å²) in [5, 5.41) is 26.9. The summed E-state index contributed by atoms with van der Waals surface area (Å²) in [6.07, 6.45) is 2.12. The largest absolute Gasteiger partial charge is 0.508 e. The monoisotopic (exact) mass is 286 g/mol. The molecule has 0 aliphatic heterocycles. The standard InChI is InChI=1S/C16H18N2O3/c1-2-3-10-21-14-7-4-12(5-8-14)17-18-15-11-13(19)6-9-16(15)20/h4-9,11,19-20H,2-3,10H2,1H3. The van der Waals surface area contributed by atoms with E-state index in [9.17, 15) is 10.2 Å². The third-order valence-electron chi connectivity index (χ3n) is 2.84. The highest BCUT2D eigenvalue weighted by molar-refractivity contribution is 5.54. The van der Waals surface area contributed by atoms with Crippen molar-refractivity contribution in [2.45, 2.75) is 19.8 Å². The molecule has 0 spiro atoms. The zero-order valence-corrected chi connectivity index (χ0v) is 11.9. The predicted octanol–water partition coefficient (Wildman–Crippen LogP) is 4.69. The highest BCUT2D eigenvalue weighted by Crippen LogP contribution is 2.31. The van der Waals surface area contributed by atoms with E-state index in [0.29, 0.717) is 12.3 Å². The Hall–Kier alpha value is -2.56. The van der Waals surface area contributed by atoms with Gasteiger partial charge in [0.25, 0.3) is 0 Å². The Bertz CT molecular complexity index is 609. The summed E-state index contributed by atoms with van der Waals surface area (Å²) in [5.41, 5.74) is 0.860. The van der Waals surface area contributed by atoms with Crippen LogP contribution in [0.15, 0.2) is 52.7 Å². The Morgan fingerprint density at radius 1 is 1.00 bits per heavy atom. The minimum absolute atomic E-state index is 0.0291. The van der Waals surface area contributed by atoms with Crippen molar-refractivity contribution in [2.75, 3.05) is 6.61 Å². The van der Waals surface area contributed by atoms with Crippen molar-refractivity contribution in [3.63, 3.8) is 0 Å². The zero-order chi connectivity index (χ0) is 15.1. The number of rotatable bonds is 6. The molecule has 0 aliphatic rings.